The average molecular weight is 290 g/mol. The number of nitrogens with zero attached hydrogens (tertiary/aromatic N) is 1. The van der Waals surface area contributed by atoms with E-state index in [4.69, 9.17) is 0 Å². The Labute approximate surface area is 119 Å². The molecule has 0 aliphatic rings. The van der Waals surface area contributed by atoms with Gasteiger partial charge in [0.25, 0.3) is 10.0 Å². The van der Waals surface area contributed by atoms with Crippen LogP contribution >= 0.6 is 0 Å². The van der Waals surface area contributed by atoms with E-state index in [1.165, 1.54) is 0 Å². The lowest BCUT2D eigenvalue weighted by atomic mass is 10.1. The fourth-order valence-corrected chi connectivity index (χ4v) is 3.31. The summed E-state index contributed by atoms with van der Waals surface area (Å²) < 4.78 is 27.4. The Morgan fingerprint density at radius 3 is 2.35 bits per heavy atom. The van der Waals surface area contributed by atoms with Crippen LogP contribution in [-0.2, 0) is 10.0 Å². The van der Waals surface area contributed by atoms with Crippen LogP contribution < -0.4 is 4.72 Å². The van der Waals surface area contributed by atoms with E-state index < -0.39 is 10.0 Å². The van der Waals surface area contributed by atoms with E-state index in [1.807, 2.05) is 39.8 Å². The summed E-state index contributed by atoms with van der Waals surface area (Å²) in [5, 5.41) is 0. The van der Waals surface area contributed by atoms with Gasteiger partial charge in [0, 0.05) is 6.20 Å². The monoisotopic (exact) mass is 290 g/mol. The number of sulfonamides is 1. The minimum Gasteiger partial charge on any atom is -0.263 e. The predicted molar refractivity (Wildman–Crippen MR) is 80.4 cm³/mol. The summed E-state index contributed by atoms with van der Waals surface area (Å²) in [4.78, 5) is 4.32. The average Bonchev–Trinajstić information content (AvgIpc) is 2.35. The molecule has 0 radical (unpaired) electrons. The number of pyridine rings is 1. The molecule has 0 fully saturated rings. The number of hydrogen-bond donors (Lipinski definition) is 1. The van der Waals surface area contributed by atoms with Crippen molar-refractivity contribution in [2.75, 3.05) is 4.72 Å². The van der Waals surface area contributed by atoms with Crippen LogP contribution in [0.1, 0.15) is 22.3 Å². The zero-order valence-electron chi connectivity index (χ0n) is 12.1. The highest BCUT2D eigenvalue weighted by molar-refractivity contribution is 7.92. The summed E-state index contributed by atoms with van der Waals surface area (Å²) in [5.74, 6) is 0.336. The first kappa shape index (κ1) is 14.5. The highest BCUT2D eigenvalue weighted by Crippen LogP contribution is 2.23. The summed E-state index contributed by atoms with van der Waals surface area (Å²) in [6.45, 7) is 7.60. The number of benzene rings is 1. The van der Waals surface area contributed by atoms with Crippen molar-refractivity contribution in [1.29, 1.82) is 0 Å². The molecule has 0 atom stereocenters. The quantitative estimate of drug-likeness (QED) is 0.945. The number of hydrogen-bond acceptors (Lipinski definition) is 3. The first-order valence-electron chi connectivity index (χ1n) is 6.33. The molecule has 1 aromatic carbocycles. The van der Waals surface area contributed by atoms with Crippen LogP contribution in [0.5, 0.6) is 0 Å². The number of aryl methyl sites for hydroxylation is 2. The Morgan fingerprint density at radius 1 is 1.00 bits per heavy atom. The van der Waals surface area contributed by atoms with Crippen molar-refractivity contribution in [3.8, 4) is 0 Å². The topological polar surface area (TPSA) is 59.1 Å². The Hall–Kier alpha value is -1.88. The maximum atomic E-state index is 12.4. The number of aromatic nitrogens is 1. The number of anilines is 1. The van der Waals surface area contributed by atoms with Gasteiger partial charge in [-0.1, -0.05) is 6.07 Å². The van der Waals surface area contributed by atoms with Gasteiger partial charge in [-0.3, -0.25) is 4.72 Å². The standard InChI is InChI=1S/C15H18N2O2S/c1-10-7-8-16-15(9-10)17-20(18,19)14-6-5-11(2)12(3)13(14)4/h5-9H,1-4H3,(H,16,17). The SMILES string of the molecule is Cc1ccnc(NS(=O)(=O)c2ccc(C)c(C)c2C)c1. The van der Waals surface area contributed by atoms with E-state index in [0.29, 0.717) is 10.7 Å². The number of rotatable bonds is 3. The van der Waals surface area contributed by atoms with Gasteiger partial charge >= 0.3 is 0 Å². The van der Waals surface area contributed by atoms with Crippen LogP contribution in [-0.4, -0.2) is 13.4 Å². The molecule has 20 heavy (non-hydrogen) atoms. The van der Waals surface area contributed by atoms with Crippen LogP contribution in [0.25, 0.3) is 0 Å². The largest absolute Gasteiger partial charge is 0.263 e. The van der Waals surface area contributed by atoms with Gasteiger partial charge in [0.05, 0.1) is 4.90 Å². The highest BCUT2D eigenvalue weighted by atomic mass is 32.2. The second kappa shape index (κ2) is 5.25. The fraction of sp³-hybridized carbons (Fsp3) is 0.267. The lowest BCUT2D eigenvalue weighted by Crippen LogP contribution is -2.15. The normalized spacial score (nSPS) is 11.4. The van der Waals surface area contributed by atoms with Crippen molar-refractivity contribution < 1.29 is 8.42 Å². The molecule has 0 aliphatic heterocycles. The molecular weight excluding hydrogens is 272 g/mol. The zero-order valence-corrected chi connectivity index (χ0v) is 12.9. The van der Waals surface area contributed by atoms with E-state index in [0.717, 1.165) is 22.3 Å². The van der Waals surface area contributed by atoms with Crippen molar-refractivity contribution >= 4 is 15.8 Å². The second-order valence-corrected chi connectivity index (χ2v) is 6.61. The lowest BCUT2D eigenvalue weighted by Gasteiger charge is -2.13. The molecule has 0 saturated carbocycles. The maximum Gasteiger partial charge on any atom is 0.263 e. The highest BCUT2D eigenvalue weighted by Gasteiger charge is 2.19. The minimum absolute atomic E-state index is 0.295. The lowest BCUT2D eigenvalue weighted by molar-refractivity contribution is 0.600. The van der Waals surface area contributed by atoms with Crippen LogP contribution in [0.15, 0.2) is 35.4 Å². The Balaban J connectivity index is 2.44. The van der Waals surface area contributed by atoms with Gasteiger partial charge in [0.1, 0.15) is 5.82 Å². The summed E-state index contributed by atoms with van der Waals surface area (Å²) in [6, 6.07) is 6.98. The first-order chi connectivity index (χ1) is 9.31. The number of nitrogens with one attached hydrogen (secondary N) is 1. The van der Waals surface area contributed by atoms with Crippen LogP contribution in [0.4, 0.5) is 5.82 Å². The van der Waals surface area contributed by atoms with Gasteiger partial charge < -0.3 is 0 Å². The molecule has 4 nitrogen and oxygen atoms in total. The molecule has 0 saturated heterocycles. The van der Waals surface area contributed by atoms with E-state index >= 15 is 0 Å². The molecule has 106 valence electrons. The maximum absolute atomic E-state index is 12.4. The van der Waals surface area contributed by atoms with E-state index in [1.54, 1.807) is 18.3 Å². The molecule has 0 amide bonds. The van der Waals surface area contributed by atoms with E-state index in [2.05, 4.69) is 9.71 Å². The molecule has 1 aromatic heterocycles. The molecule has 2 rings (SSSR count). The Morgan fingerprint density at radius 2 is 1.70 bits per heavy atom. The third-order valence-electron chi connectivity index (χ3n) is 3.45. The minimum atomic E-state index is -3.61. The van der Waals surface area contributed by atoms with Gasteiger partial charge in [-0.25, -0.2) is 13.4 Å². The molecule has 1 heterocycles. The van der Waals surface area contributed by atoms with Gasteiger partial charge in [-0.15, -0.1) is 0 Å². The summed E-state index contributed by atoms with van der Waals surface area (Å²) in [5.41, 5.74) is 3.79. The van der Waals surface area contributed by atoms with Crippen molar-refractivity contribution in [3.63, 3.8) is 0 Å². The van der Waals surface area contributed by atoms with Crippen LogP contribution in [0.3, 0.4) is 0 Å². The first-order valence-corrected chi connectivity index (χ1v) is 7.82. The molecule has 0 spiro atoms. The summed E-state index contributed by atoms with van der Waals surface area (Å²) in [6.07, 6.45) is 1.58. The van der Waals surface area contributed by atoms with Crippen molar-refractivity contribution in [1.82, 2.24) is 4.98 Å². The second-order valence-electron chi connectivity index (χ2n) is 4.95. The van der Waals surface area contributed by atoms with Gasteiger partial charge in [0.15, 0.2) is 0 Å². The summed E-state index contributed by atoms with van der Waals surface area (Å²) >= 11 is 0. The predicted octanol–water partition coefficient (Wildman–Crippen LogP) is 3.12. The molecule has 2 aromatic rings. The van der Waals surface area contributed by atoms with Gasteiger partial charge in [-0.2, -0.15) is 0 Å². The van der Waals surface area contributed by atoms with E-state index in [9.17, 15) is 8.42 Å². The third kappa shape index (κ3) is 2.82. The molecule has 5 heteroatoms. The van der Waals surface area contributed by atoms with Gasteiger partial charge in [-0.05, 0) is 68.1 Å². The summed E-state index contributed by atoms with van der Waals surface area (Å²) in [7, 11) is -3.61. The molecule has 0 aliphatic carbocycles. The smallest absolute Gasteiger partial charge is 0.263 e. The molecule has 1 N–H and O–H groups in total. The van der Waals surface area contributed by atoms with Crippen LogP contribution in [0, 0.1) is 27.7 Å². The fourth-order valence-electron chi connectivity index (χ4n) is 2.01. The van der Waals surface area contributed by atoms with Crippen molar-refractivity contribution in [2.24, 2.45) is 0 Å². The van der Waals surface area contributed by atoms with E-state index in [-0.39, 0.29) is 0 Å². The van der Waals surface area contributed by atoms with Crippen molar-refractivity contribution in [3.05, 3.63) is 52.7 Å². The Bertz CT molecular complexity index is 752. The van der Waals surface area contributed by atoms with Crippen molar-refractivity contribution in [2.45, 2.75) is 32.6 Å². The third-order valence-corrected chi connectivity index (χ3v) is 4.95. The molecule has 0 unspecified atom stereocenters. The zero-order chi connectivity index (χ0) is 14.9. The molecular formula is C15H18N2O2S. The Kier molecular flexibility index (Phi) is 3.81. The molecule has 0 bridgehead atoms. The van der Waals surface area contributed by atoms with Crippen LogP contribution in [0.2, 0.25) is 0 Å². The van der Waals surface area contributed by atoms with Gasteiger partial charge in [0.2, 0.25) is 0 Å².